The molecule has 0 amide bonds. The van der Waals surface area contributed by atoms with Crippen molar-refractivity contribution in [2.24, 2.45) is 0 Å². The zero-order valence-electron chi connectivity index (χ0n) is 7.64. The molecule has 1 aromatic carbocycles. The maximum atomic E-state index is 11.1. The Morgan fingerprint density at radius 1 is 1.38 bits per heavy atom. The maximum Gasteiger partial charge on any atom is 0.217 e. The highest BCUT2D eigenvalue weighted by Crippen LogP contribution is 2.11. The van der Waals surface area contributed by atoms with Gasteiger partial charge in [0.15, 0.2) is 0 Å². The highest BCUT2D eigenvalue weighted by molar-refractivity contribution is 7.44. The van der Waals surface area contributed by atoms with Crippen LogP contribution < -0.4 is 4.89 Å². The van der Waals surface area contributed by atoms with Crippen molar-refractivity contribution in [1.82, 2.24) is 0 Å². The Kier molecular flexibility index (Phi) is 4.69. The molecular weight excluding hydrogens is 183 g/mol. The van der Waals surface area contributed by atoms with E-state index in [-0.39, 0.29) is 0 Å². The average Bonchev–Trinajstić information content (AvgIpc) is 2.17. The van der Waals surface area contributed by atoms with E-state index in [9.17, 15) is 4.89 Å². The summed E-state index contributed by atoms with van der Waals surface area (Å²) in [5.74, 6) is 1.70. The van der Waals surface area contributed by atoms with Crippen LogP contribution in [0, 0.1) is 0 Å². The lowest BCUT2D eigenvalue weighted by atomic mass is 10.2. The smallest absolute Gasteiger partial charge is 0.217 e. The minimum absolute atomic E-state index is 0.500. The second-order valence-corrected chi connectivity index (χ2v) is 3.77. The van der Waals surface area contributed by atoms with Gasteiger partial charge < -0.3 is 4.89 Å². The van der Waals surface area contributed by atoms with E-state index >= 15 is 0 Å². The SMILES string of the molecule is CCO[P+]([O-])=CCc1ccccc1. The summed E-state index contributed by atoms with van der Waals surface area (Å²) in [6, 6.07) is 9.91. The first-order chi connectivity index (χ1) is 6.33. The second-order valence-electron chi connectivity index (χ2n) is 2.58. The van der Waals surface area contributed by atoms with E-state index in [1.165, 1.54) is 0 Å². The van der Waals surface area contributed by atoms with Crippen molar-refractivity contribution in [3.63, 3.8) is 0 Å². The van der Waals surface area contributed by atoms with Gasteiger partial charge in [0.2, 0.25) is 8.00 Å². The van der Waals surface area contributed by atoms with Gasteiger partial charge in [0.1, 0.15) is 5.80 Å². The molecule has 0 aromatic heterocycles. The topological polar surface area (TPSA) is 32.3 Å². The van der Waals surface area contributed by atoms with E-state index in [1.807, 2.05) is 37.3 Å². The molecule has 0 aliphatic heterocycles. The van der Waals surface area contributed by atoms with E-state index in [2.05, 4.69) is 0 Å². The molecule has 1 unspecified atom stereocenters. The van der Waals surface area contributed by atoms with Gasteiger partial charge in [-0.15, -0.1) is 0 Å². The van der Waals surface area contributed by atoms with Crippen LogP contribution in [0.4, 0.5) is 0 Å². The largest absolute Gasteiger partial charge is 0.603 e. The molecule has 0 fully saturated rings. The van der Waals surface area contributed by atoms with Gasteiger partial charge >= 0.3 is 0 Å². The standard InChI is InChI=1S/C10H13O2P/c1-2-12-13(11)9-8-10-6-4-3-5-7-10/h3-7,9H,2,8H2,1H3. The van der Waals surface area contributed by atoms with Crippen LogP contribution in [0.25, 0.3) is 0 Å². The first kappa shape index (κ1) is 10.4. The molecule has 0 spiro atoms. The molecule has 70 valence electrons. The summed E-state index contributed by atoms with van der Waals surface area (Å²) < 4.78 is 4.92. The molecular formula is C10H13O2P. The van der Waals surface area contributed by atoms with E-state index in [1.54, 1.807) is 5.80 Å². The fourth-order valence-corrected chi connectivity index (χ4v) is 1.69. The van der Waals surface area contributed by atoms with Gasteiger partial charge in [-0.2, -0.15) is 4.52 Å². The lowest BCUT2D eigenvalue weighted by Gasteiger charge is -1.95. The highest BCUT2D eigenvalue weighted by atomic mass is 31.1. The summed E-state index contributed by atoms with van der Waals surface area (Å²) in [6.07, 6.45) is 0.704. The van der Waals surface area contributed by atoms with Gasteiger partial charge in [0, 0.05) is 6.42 Å². The number of rotatable bonds is 4. The third kappa shape index (κ3) is 4.18. The van der Waals surface area contributed by atoms with Crippen LogP contribution in [0.1, 0.15) is 12.5 Å². The summed E-state index contributed by atoms with van der Waals surface area (Å²) in [5, 5.41) is 0. The summed E-state index contributed by atoms with van der Waals surface area (Å²) in [7, 11) is -1.58. The van der Waals surface area contributed by atoms with Crippen LogP contribution in [0.15, 0.2) is 30.3 Å². The molecule has 0 N–H and O–H groups in total. The van der Waals surface area contributed by atoms with Crippen molar-refractivity contribution >= 4 is 13.8 Å². The Balaban J connectivity index is 2.47. The quantitative estimate of drug-likeness (QED) is 0.687. The van der Waals surface area contributed by atoms with Crippen LogP contribution in [-0.2, 0) is 10.9 Å². The molecule has 1 aromatic rings. The molecule has 2 nitrogen and oxygen atoms in total. The van der Waals surface area contributed by atoms with Crippen LogP contribution in [-0.4, -0.2) is 12.4 Å². The van der Waals surface area contributed by atoms with Crippen molar-refractivity contribution in [2.75, 3.05) is 6.61 Å². The number of hydrogen-bond donors (Lipinski definition) is 0. The monoisotopic (exact) mass is 196 g/mol. The molecule has 13 heavy (non-hydrogen) atoms. The Bertz CT molecular complexity index is 270. The highest BCUT2D eigenvalue weighted by Gasteiger charge is 1.95. The first-order valence-electron chi connectivity index (χ1n) is 4.29. The fraction of sp³-hybridized carbons (Fsp3) is 0.300. The second kappa shape index (κ2) is 5.87. The number of hydrogen-bond acceptors (Lipinski definition) is 2. The molecule has 1 rings (SSSR count). The van der Waals surface area contributed by atoms with Gasteiger partial charge in [-0.05, 0) is 12.5 Å². The molecule has 0 radical (unpaired) electrons. The van der Waals surface area contributed by atoms with Gasteiger partial charge in [0.05, 0.1) is 6.61 Å². The summed E-state index contributed by atoms with van der Waals surface area (Å²) in [6.45, 7) is 2.34. The minimum Gasteiger partial charge on any atom is -0.603 e. The van der Waals surface area contributed by atoms with Crippen LogP contribution in [0.2, 0.25) is 0 Å². The van der Waals surface area contributed by atoms with Gasteiger partial charge in [-0.25, -0.2) is 0 Å². The van der Waals surface area contributed by atoms with Crippen LogP contribution in [0.5, 0.6) is 0 Å². The van der Waals surface area contributed by atoms with Gasteiger partial charge in [-0.3, -0.25) is 0 Å². The molecule has 0 aliphatic carbocycles. The third-order valence-electron chi connectivity index (χ3n) is 1.58. The number of benzene rings is 1. The predicted molar refractivity (Wildman–Crippen MR) is 54.8 cm³/mol. The molecule has 3 heteroatoms. The Labute approximate surface area is 79.7 Å². The van der Waals surface area contributed by atoms with E-state index < -0.39 is 8.00 Å². The van der Waals surface area contributed by atoms with Crippen molar-refractivity contribution in [3.8, 4) is 0 Å². The summed E-state index contributed by atoms with van der Waals surface area (Å²) >= 11 is 0. The zero-order valence-corrected chi connectivity index (χ0v) is 8.54. The first-order valence-corrected chi connectivity index (χ1v) is 5.54. The predicted octanol–water partition coefficient (Wildman–Crippen LogP) is 1.74. The zero-order chi connectivity index (χ0) is 9.52. The van der Waals surface area contributed by atoms with Crippen molar-refractivity contribution in [3.05, 3.63) is 35.9 Å². The molecule has 0 saturated carbocycles. The van der Waals surface area contributed by atoms with E-state index in [4.69, 9.17) is 4.52 Å². The van der Waals surface area contributed by atoms with Gasteiger partial charge in [0.25, 0.3) is 0 Å². The molecule has 0 heterocycles. The van der Waals surface area contributed by atoms with Crippen LogP contribution >= 0.6 is 8.00 Å². The molecule has 0 saturated heterocycles. The molecule has 1 atom stereocenters. The molecule has 0 bridgehead atoms. The normalized spacial score (nSPS) is 11.7. The van der Waals surface area contributed by atoms with Crippen molar-refractivity contribution < 1.29 is 9.42 Å². The van der Waals surface area contributed by atoms with E-state index in [0.29, 0.717) is 13.0 Å². The molecule has 0 aliphatic rings. The maximum absolute atomic E-state index is 11.1. The Morgan fingerprint density at radius 3 is 2.69 bits per heavy atom. The Hall–Kier alpha value is -0.690. The van der Waals surface area contributed by atoms with Gasteiger partial charge in [-0.1, -0.05) is 30.3 Å². The third-order valence-corrected chi connectivity index (χ3v) is 2.57. The average molecular weight is 196 g/mol. The summed E-state index contributed by atoms with van der Waals surface area (Å²) in [5.41, 5.74) is 1.16. The van der Waals surface area contributed by atoms with Crippen LogP contribution in [0.3, 0.4) is 0 Å². The fourth-order valence-electron chi connectivity index (χ4n) is 0.974. The Morgan fingerprint density at radius 2 is 2.08 bits per heavy atom. The van der Waals surface area contributed by atoms with E-state index in [0.717, 1.165) is 5.56 Å². The van der Waals surface area contributed by atoms with Crippen molar-refractivity contribution in [2.45, 2.75) is 13.3 Å². The summed E-state index contributed by atoms with van der Waals surface area (Å²) in [4.78, 5) is 11.1. The lowest BCUT2D eigenvalue weighted by molar-refractivity contribution is -0.171. The minimum atomic E-state index is -1.58. The van der Waals surface area contributed by atoms with Crippen molar-refractivity contribution in [1.29, 1.82) is 0 Å². The lowest BCUT2D eigenvalue weighted by Crippen LogP contribution is -1.96.